The SMILES string of the molecule is CC(C)(C)Cc1cc(-c2[c-]cccc2)nc[c]1[Ge]([CH3])([CH3])[CH3].Cc1ccc2c(n1)oc1c(-c3cc(C(C)C4CCCCC4)ccn3)[c-]ccc12.[Ir]. The molecule has 1 saturated carbocycles. The zero-order valence-corrected chi connectivity index (χ0v) is 35.5. The summed E-state index contributed by atoms with van der Waals surface area (Å²) in [4.78, 5) is 13.9. The van der Waals surface area contributed by atoms with E-state index in [9.17, 15) is 0 Å². The first kappa shape index (κ1) is 38.1. The Labute approximate surface area is 315 Å². The summed E-state index contributed by atoms with van der Waals surface area (Å²) < 4.78 is 7.69. The zero-order valence-electron chi connectivity index (χ0n) is 31.0. The predicted molar refractivity (Wildman–Crippen MR) is 208 cm³/mol. The van der Waals surface area contributed by atoms with E-state index in [2.05, 4.69) is 110 Å². The molecule has 50 heavy (non-hydrogen) atoms. The van der Waals surface area contributed by atoms with E-state index < -0.39 is 13.3 Å². The van der Waals surface area contributed by atoms with E-state index in [1.165, 1.54) is 47.6 Å². The van der Waals surface area contributed by atoms with Crippen molar-refractivity contribution in [2.45, 2.75) is 96.3 Å². The fraction of sp³-hybridized carbons (Fsp3) is 0.386. The minimum atomic E-state index is -1.90. The molecule has 1 aliphatic rings. The van der Waals surface area contributed by atoms with Gasteiger partial charge in [0.25, 0.3) is 0 Å². The van der Waals surface area contributed by atoms with Crippen LogP contribution in [0.2, 0.25) is 17.3 Å². The number of aromatic nitrogens is 3. The summed E-state index contributed by atoms with van der Waals surface area (Å²) in [5.74, 6) is 8.66. The van der Waals surface area contributed by atoms with E-state index >= 15 is 0 Å². The maximum Gasteiger partial charge on any atom is 0.216 e. The Kier molecular flexibility index (Phi) is 12.2. The molecule has 1 radical (unpaired) electrons. The van der Waals surface area contributed by atoms with Crippen molar-refractivity contribution < 1.29 is 24.5 Å². The van der Waals surface area contributed by atoms with Crippen LogP contribution in [0, 0.1) is 30.4 Å². The monoisotopic (exact) mass is 904 g/mol. The molecular formula is C44H51GeIrN3O-2. The van der Waals surface area contributed by atoms with Crippen LogP contribution in [0.25, 0.3) is 44.6 Å². The maximum absolute atomic E-state index is 6.15. The van der Waals surface area contributed by atoms with Gasteiger partial charge in [-0.15, -0.1) is 18.2 Å². The second-order valence-electron chi connectivity index (χ2n) is 16.2. The molecule has 1 fully saturated rings. The molecule has 0 saturated heterocycles. The first-order valence-electron chi connectivity index (χ1n) is 18.0. The number of aryl methyl sites for hydroxylation is 1. The van der Waals surface area contributed by atoms with Crippen molar-refractivity contribution in [2.24, 2.45) is 11.3 Å². The van der Waals surface area contributed by atoms with Crippen LogP contribution in [0.1, 0.15) is 82.5 Å². The molecule has 4 heterocycles. The van der Waals surface area contributed by atoms with Crippen molar-refractivity contribution >= 4 is 39.7 Å². The summed E-state index contributed by atoms with van der Waals surface area (Å²) in [6.45, 7) is 11.3. The van der Waals surface area contributed by atoms with Crippen LogP contribution in [0.3, 0.4) is 0 Å². The molecule has 0 bridgehead atoms. The summed E-state index contributed by atoms with van der Waals surface area (Å²) in [5, 5.41) is 2.12. The van der Waals surface area contributed by atoms with Crippen LogP contribution in [-0.2, 0) is 26.5 Å². The quantitative estimate of drug-likeness (QED) is 0.123. The molecule has 4 aromatic heterocycles. The largest absolute Gasteiger partial charge is 0.486 e. The minimum Gasteiger partial charge on any atom is -0.486 e. The van der Waals surface area contributed by atoms with Crippen molar-refractivity contribution in [3.05, 3.63) is 108 Å². The van der Waals surface area contributed by atoms with Crippen molar-refractivity contribution in [1.82, 2.24) is 15.0 Å². The molecule has 4 nitrogen and oxygen atoms in total. The number of benzene rings is 2. The van der Waals surface area contributed by atoms with Crippen LogP contribution in [0.15, 0.2) is 83.5 Å². The first-order valence-corrected chi connectivity index (χ1v) is 25.3. The molecular weight excluding hydrogens is 851 g/mol. The van der Waals surface area contributed by atoms with Gasteiger partial charge in [0.15, 0.2) is 0 Å². The van der Waals surface area contributed by atoms with E-state index in [-0.39, 0.29) is 20.1 Å². The Hall–Kier alpha value is -3.12. The first-order chi connectivity index (χ1) is 23.4. The van der Waals surface area contributed by atoms with Gasteiger partial charge in [0.05, 0.1) is 5.58 Å². The van der Waals surface area contributed by atoms with Gasteiger partial charge in [-0.25, -0.2) is 4.98 Å². The third kappa shape index (κ3) is 9.02. The van der Waals surface area contributed by atoms with E-state index in [1.54, 1.807) is 0 Å². The summed E-state index contributed by atoms with van der Waals surface area (Å²) in [5.41, 5.74) is 9.59. The Bertz CT molecular complexity index is 2030. The fourth-order valence-electron chi connectivity index (χ4n) is 7.27. The minimum absolute atomic E-state index is 0. The molecule has 0 aliphatic heterocycles. The Balaban J connectivity index is 0.000000199. The molecule has 1 unspecified atom stereocenters. The number of furan rings is 1. The van der Waals surface area contributed by atoms with Crippen LogP contribution in [0.5, 0.6) is 0 Å². The van der Waals surface area contributed by atoms with Gasteiger partial charge >= 0.3 is 132 Å². The summed E-state index contributed by atoms with van der Waals surface area (Å²) in [7, 11) is 0. The van der Waals surface area contributed by atoms with Crippen molar-refractivity contribution in [2.75, 3.05) is 0 Å². The number of pyridine rings is 3. The van der Waals surface area contributed by atoms with Gasteiger partial charge in [0.2, 0.25) is 5.71 Å². The molecule has 0 amide bonds. The van der Waals surface area contributed by atoms with Crippen molar-refractivity contribution in [3.8, 4) is 22.5 Å². The van der Waals surface area contributed by atoms with E-state index in [4.69, 9.17) is 9.40 Å². The third-order valence-corrected chi connectivity index (χ3v) is 14.2. The predicted octanol–water partition coefficient (Wildman–Crippen LogP) is 11.5. The molecule has 6 aromatic rings. The van der Waals surface area contributed by atoms with E-state index in [0.717, 1.165) is 56.9 Å². The molecule has 2 aromatic carbocycles. The number of rotatable bonds is 6. The van der Waals surface area contributed by atoms with E-state index in [1.807, 2.05) is 43.5 Å². The molecule has 7 rings (SSSR count). The molecule has 6 heteroatoms. The summed E-state index contributed by atoms with van der Waals surface area (Å²) in [6, 6.07) is 29.6. The van der Waals surface area contributed by atoms with Gasteiger partial charge in [-0.3, -0.25) is 0 Å². The molecule has 263 valence electrons. The average Bonchev–Trinajstić information content (AvgIpc) is 3.45. The number of hydrogen-bond donors (Lipinski definition) is 0. The Morgan fingerprint density at radius 1 is 0.880 bits per heavy atom. The molecule has 1 atom stereocenters. The number of hydrogen-bond acceptors (Lipinski definition) is 4. The topological polar surface area (TPSA) is 51.8 Å². The Morgan fingerprint density at radius 2 is 1.66 bits per heavy atom. The Morgan fingerprint density at radius 3 is 2.36 bits per heavy atom. The summed E-state index contributed by atoms with van der Waals surface area (Å²) in [6.07, 6.45) is 12.0. The summed E-state index contributed by atoms with van der Waals surface area (Å²) >= 11 is -1.90. The fourth-order valence-corrected chi connectivity index (χ4v) is 10.6. The van der Waals surface area contributed by atoms with Gasteiger partial charge in [-0.1, -0.05) is 48.8 Å². The normalized spacial score (nSPS) is 14.6. The van der Waals surface area contributed by atoms with E-state index in [0.29, 0.717) is 17.0 Å². The number of fused-ring (bicyclic) bond motifs is 3. The maximum atomic E-state index is 6.15. The molecule has 0 N–H and O–H groups in total. The van der Waals surface area contributed by atoms with Crippen LogP contribution >= 0.6 is 0 Å². The third-order valence-electron chi connectivity index (χ3n) is 9.86. The van der Waals surface area contributed by atoms with Crippen LogP contribution in [0.4, 0.5) is 0 Å². The van der Waals surface area contributed by atoms with Gasteiger partial charge in [-0.2, -0.15) is 0 Å². The van der Waals surface area contributed by atoms with Crippen LogP contribution in [-0.4, -0.2) is 28.2 Å². The molecule has 1 aliphatic carbocycles. The standard InChI is InChI=1S/C25H25N2O.C19H26GeN.Ir/c1-16-11-12-21-20-9-6-10-22(24(20)28-25(21)27-16)23-15-19(13-14-26-23)17(2)18-7-4-3-5-8-18;1-19(2,3)13-16-12-18(15-10-8-7-9-11-15)21-14-17(16)20(4,5)6;/h6,9,11-15,17-18H,3-5,7-8H2,1-2H3;7-10,12,14H,13H2,1-6H3;/q2*-1;. The van der Waals surface area contributed by atoms with Crippen molar-refractivity contribution in [3.63, 3.8) is 0 Å². The van der Waals surface area contributed by atoms with Crippen molar-refractivity contribution in [1.29, 1.82) is 0 Å². The average molecular weight is 903 g/mol. The van der Waals surface area contributed by atoms with Gasteiger partial charge in [-0.05, 0) is 55.5 Å². The van der Waals surface area contributed by atoms with Gasteiger partial charge in [0.1, 0.15) is 0 Å². The van der Waals surface area contributed by atoms with Gasteiger partial charge in [0, 0.05) is 37.4 Å². The van der Waals surface area contributed by atoms with Crippen LogP contribution < -0.4 is 4.40 Å². The van der Waals surface area contributed by atoms with Gasteiger partial charge < -0.3 is 9.40 Å². The zero-order chi connectivity index (χ0) is 34.8. The second kappa shape index (κ2) is 16.1. The number of nitrogens with zero attached hydrogens (tertiary/aromatic N) is 3. The smallest absolute Gasteiger partial charge is 0.216 e. The second-order valence-corrected chi connectivity index (χ2v) is 26.7. The molecule has 0 spiro atoms.